The molecule has 0 aliphatic carbocycles. The van der Waals surface area contributed by atoms with Crippen molar-refractivity contribution in [2.75, 3.05) is 20.6 Å². The van der Waals surface area contributed by atoms with Gasteiger partial charge in [0.25, 0.3) is 5.91 Å². The Balaban J connectivity index is 0.00000300. The van der Waals surface area contributed by atoms with Crippen molar-refractivity contribution in [2.45, 2.75) is 19.4 Å². The summed E-state index contributed by atoms with van der Waals surface area (Å²) in [5, 5.41) is 3.97. The zero-order valence-electron chi connectivity index (χ0n) is 16.6. The van der Waals surface area contributed by atoms with Gasteiger partial charge >= 0.3 is 0 Å². The van der Waals surface area contributed by atoms with Crippen molar-refractivity contribution in [3.05, 3.63) is 80.7 Å². The van der Waals surface area contributed by atoms with E-state index in [0.717, 1.165) is 17.5 Å². The molecule has 1 amide bonds. The molecular weight excluding hydrogens is 411 g/mol. The number of aryl methyl sites for hydroxylation is 1. The van der Waals surface area contributed by atoms with Gasteiger partial charge in [-0.1, -0.05) is 42.8 Å². The summed E-state index contributed by atoms with van der Waals surface area (Å²) in [6.45, 7) is 2.34. The molecule has 29 heavy (non-hydrogen) atoms. The number of nitrogens with zero attached hydrogens (tertiary/aromatic N) is 1. The van der Waals surface area contributed by atoms with E-state index < -0.39 is 5.91 Å². The number of nitrogens with one attached hydrogen (secondary N) is 1. The first kappa shape index (κ1) is 22.9. The molecule has 0 aliphatic heterocycles. The van der Waals surface area contributed by atoms with Gasteiger partial charge in [-0.05, 0) is 49.8 Å². The summed E-state index contributed by atoms with van der Waals surface area (Å²) in [6.07, 6.45) is 0.825. The summed E-state index contributed by atoms with van der Waals surface area (Å²) >= 11 is 6.31. The van der Waals surface area contributed by atoms with Crippen molar-refractivity contribution < 1.29 is 9.21 Å². The van der Waals surface area contributed by atoms with E-state index in [1.54, 1.807) is 6.07 Å². The van der Waals surface area contributed by atoms with Crippen molar-refractivity contribution in [2.24, 2.45) is 0 Å². The molecule has 5 nitrogen and oxygen atoms in total. The molecule has 0 saturated carbocycles. The standard InChI is InChI=1S/C22H23ClN2O3.ClH/c1-4-14-9-10-20-16(11-14)19(26)12-21(28-20)22(27)24-13-18(25(2)3)15-7-5-6-8-17(15)23;/h5-12,18H,4,13H2,1-3H3,(H,24,27);1H. The number of hydrogen-bond acceptors (Lipinski definition) is 4. The van der Waals surface area contributed by atoms with Crippen LogP contribution >= 0.6 is 24.0 Å². The maximum Gasteiger partial charge on any atom is 0.287 e. The van der Waals surface area contributed by atoms with E-state index in [0.29, 0.717) is 22.5 Å². The number of rotatable bonds is 6. The van der Waals surface area contributed by atoms with Crippen LogP contribution < -0.4 is 10.7 Å². The molecule has 0 spiro atoms. The molecular formula is C22H24Cl2N2O3. The van der Waals surface area contributed by atoms with E-state index in [1.165, 1.54) is 6.07 Å². The van der Waals surface area contributed by atoms with Crippen molar-refractivity contribution in [3.8, 4) is 0 Å². The third kappa shape index (κ3) is 5.18. The van der Waals surface area contributed by atoms with E-state index in [1.807, 2.05) is 62.3 Å². The predicted molar refractivity (Wildman–Crippen MR) is 119 cm³/mol. The van der Waals surface area contributed by atoms with Gasteiger partial charge in [0.1, 0.15) is 5.58 Å². The molecule has 0 saturated heterocycles. The molecule has 2 aromatic carbocycles. The van der Waals surface area contributed by atoms with Crippen molar-refractivity contribution in [1.29, 1.82) is 0 Å². The van der Waals surface area contributed by atoms with Crippen molar-refractivity contribution in [1.82, 2.24) is 10.2 Å². The Morgan fingerprint density at radius 1 is 1.17 bits per heavy atom. The summed E-state index contributed by atoms with van der Waals surface area (Å²) in [4.78, 5) is 27.0. The molecule has 7 heteroatoms. The minimum atomic E-state index is -0.433. The number of carbonyl (C=O) groups excluding carboxylic acids is 1. The monoisotopic (exact) mass is 434 g/mol. The van der Waals surface area contributed by atoms with Gasteiger partial charge < -0.3 is 14.6 Å². The molecule has 0 fully saturated rings. The van der Waals surface area contributed by atoms with E-state index in [9.17, 15) is 9.59 Å². The van der Waals surface area contributed by atoms with Gasteiger partial charge in [-0.2, -0.15) is 0 Å². The second kappa shape index (κ2) is 9.92. The van der Waals surface area contributed by atoms with E-state index in [2.05, 4.69) is 5.32 Å². The van der Waals surface area contributed by atoms with Crippen LogP contribution in [-0.4, -0.2) is 31.4 Å². The Labute approximate surface area is 181 Å². The first-order chi connectivity index (χ1) is 13.4. The quantitative estimate of drug-likeness (QED) is 0.621. The van der Waals surface area contributed by atoms with Crippen LogP contribution in [0, 0.1) is 0 Å². The van der Waals surface area contributed by atoms with E-state index >= 15 is 0 Å². The fourth-order valence-corrected chi connectivity index (χ4v) is 3.39. The van der Waals surface area contributed by atoms with Crippen LogP contribution in [0.15, 0.2) is 57.7 Å². The third-order valence-corrected chi connectivity index (χ3v) is 5.11. The molecule has 154 valence electrons. The van der Waals surface area contributed by atoms with E-state index in [4.69, 9.17) is 16.0 Å². The lowest BCUT2D eigenvalue weighted by molar-refractivity contribution is 0.0914. The largest absolute Gasteiger partial charge is 0.451 e. The van der Waals surface area contributed by atoms with Gasteiger partial charge in [-0.25, -0.2) is 0 Å². The minimum Gasteiger partial charge on any atom is -0.451 e. The van der Waals surface area contributed by atoms with Crippen molar-refractivity contribution in [3.63, 3.8) is 0 Å². The fraction of sp³-hybridized carbons (Fsp3) is 0.273. The summed E-state index contributed by atoms with van der Waals surface area (Å²) in [7, 11) is 3.84. The first-order valence-electron chi connectivity index (χ1n) is 9.16. The number of likely N-dealkylation sites (N-methyl/N-ethyl adjacent to an activating group) is 1. The highest BCUT2D eigenvalue weighted by Gasteiger charge is 2.19. The molecule has 1 unspecified atom stereocenters. The topological polar surface area (TPSA) is 62.6 Å². The average molecular weight is 435 g/mol. The number of halogens is 2. The van der Waals surface area contributed by atoms with Crippen LogP contribution in [0.3, 0.4) is 0 Å². The lowest BCUT2D eigenvalue weighted by atomic mass is 10.1. The zero-order valence-corrected chi connectivity index (χ0v) is 18.1. The molecule has 1 N–H and O–H groups in total. The lowest BCUT2D eigenvalue weighted by Gasteiger charge is -2.25. The Hall–Kier alpha value is -2.34. The van der Waals surface area contributed by atoms with Crippen LogP contribution in [-0.2, 0) is 6.42 Å². The van der Waals surface area contributed by atoms with Gasteiger partial charge in [-0.15, -0.1) is 12.4 Å². The Morgan fingerprint density at radius 2 is 1.90 bits per heavy atom. The lowest BCUT2D eigenvalue weighted by Crippen LogP contribution is -2.35. The summed E-state index contributed by atoms with van der Waals surface area (Å²) in [6, 6.07) is 14.1. The molecule has 0 bridgehead atoms. The molecule has 1 heterocycles. The second-order valence-corrected chi connectivity index (χ2v) is 7.28. The Bertz CT molecular complexity index is 1060. The van der Waals surface area contributed by atoms with Crippen LogP contribution in [0.25, 0.3) is 11.0 Å². The number of hydrogen-bond donors (Lipinski definition) is 1. The third-order valence-electron chi connectivity index (χ3n) is 4.77. The van der Waals surface area contributed by atoms with Gasteiger partial charge in [0.05, 0.1) is 11.4 Å². The highest BCUT2D eigenvalue weighted by molar-refractivity contribution is 6.31. The van der Waals surface area contributed by atoms with Gasteiger partial charge in [-0.3, -0.25) is 9.59 Å². The molecule has 0 aliphatic rings. The summed E-state index contributed by atoms with van der Waals surface area (Å²) in [5.41, 5.74) is 2.15. The highest BCUT2D eigenvalue weighted by atomic mass is 35.5. The number of benzene rings is 2. The van der Waals surface area contributed by atoms with Crippen LogP contribution in [0.2, 0.25) is 5.02 Å². The molecule has 1 atom stereocenters. The molecule has 0 radical (unpaired) electrons. The molecule has 1 aromatic heterocycles. The number of amides is 1. The summed E-state index contributed by atoms with van der Waals surface area (Å²) in [5.74, 6) is -0.434. The predicted octanol–water partition coefficient (Wildman–Crippen LogP) is 4.46. The fourth-order valence-electron chi connectivity index (χ4n) is 3.13. The summed E-state index contributed by atoms with van der Waals surface area (Å²) < 4.78 is 5.67. The van der Waals surface area contributed by atoms with E-state index in [-0.39, 0.29) is 29.6 Å². The smallest absolute Gasteiger partial charge is 0.287 e. The SMILES string of the molecule is CCc1ccc2oc(C(=O)NCC(c3ccccc3Cl)N(C)C)cc(=O)c2c1.Cl. The normalized spacial score (nSPS) is 11.9. The number of carbonyl (C=O) groups is 1. The molecule has 3 rings (SSSR count). The van der Waals surface area contributed by atoms with Crippen LogP contribution in [0.5, 0.6) is 0 Å². The number of fused-ring (bicyclic) bond motifs is 1. The zero-order chi connectivity index (χ0) is 20.3. The van der Waals surface area contributed by atoms with Gasteiger partial charge in [0.2, 0.25) is 0 Å². The highest BCUT2D eigenvalue weighted by Crippen LogP contribution is 2.25. The molecule has 3 aromatic rings. The Morgan fingerprint density at radius 3 is 2.55 bits per heavy atom. The maximum absolute atomic E-state index is 12.6. The average Bonchev–Trinajstić information content (AvgIpc) is 2.68. The van der Waals surface area contributed by atoms with Gasteiger partial charge in [0, 0.05) is 17.6 Å². The van der Waals surface area contributed by atoms with Gasteiger partial charge in [0.15, 0.2) is 11.2 Å². The van der Waals surface area contributed by atoms with Crippen LogP contribution in [0.1, 0.15) is 34.6 Å². The minimum absolute atomic E-state index is 0. The Kier molecular flexibility index (Phi) is 7.85. The van der Waals surface area contributed by atoms with Crippen molar-refractivity contribution >= 4 is 40.9 Å². The second-order valence-electron chi connectivity index (χ2n) is 6.87. The van der Waals surface area contributed by atoms with Crippen LogP contribution in [0.4, 0.5) is 0 Å². The first-order valence-corrected chi connectivity index (χ1v) is 9.54. The maximum atomic E-state index is 12.6.